The third kappa shape index (κ3) is 3.07. The molecule has 4 rings (SSSR count). The van der Waals surface area contributed by atoms with Gasteiger partial charge in [-0.2, -0.15) is 0 Å². The van der Waals surface area contributed by atoms with E-state index in [1.807, 2.05) is 25.1 Å². The van der Waals surface area contributed by atoms with Crippen LogP contribution in [0.2, 0.25) is 0 Å². The lowest BCUT2D eigenvalue weighted by Crippen LogP contribution is -2.07. The molecule has 1 nitrogen and oxygen atoms in total. The van der Waals surface area contributed by atoms with Crippen LogP contribution in [-0.4, -0.2) is 4.98 Å². The van der Waals surface area contributed by atoms with Crippen molar-refractivity contribution in [1.82, 2.24) is 4.98 Å². The topological polar surface area (TPSA) is 12.9 Å². The zero-order chi connectivity index (χ0) is 17.4. The Bertz CT molecular complexity index is 921. The molecule has 1 heterocycles. The number of fused-ring (bicyclic) bond motifs is 1. The summed E-state index contributed by atoms with van der Waals surface area (Å²) in [5, 5.41) is 0. The number of rotatable bonds is 1. The van der Waals surface area contributed by atoms with Crippen molar-refractivity contribution in [1.29, 1.82) is 0 Å². The Balaban J connectivity index is 1.93. The van der Waals surface area contributed by atoms with Crippen LogP contribution in [0.5, 0.6) is 0 Å². The molecule has 2 aliphatic rings. The molecule has 0 radical (unpaired) electrons. The molecule has 1 unspecified atom stereocenters. The van der Waals surface area contributed by atoms with Gasteiger partial charge in [0.25, 0.3) is 0 Å². The molecular weight excluding hydrogens is 316 g/mol. The predicted octanol–water partition coefficient (Wildman–Crippen LogP) is 5.90. The number of pyridine rings is 1. The minimum atomic E-state index is -0.258. The van der Waals surface area contributed by atoms with Gasteiger partial charge < -0.3 is 0 Å². The molecule has 2 aliphatic carbocycles. The molecule has 0 saturated heterocycles. The highest BCUT2D eigenvalue weighted by molar-refractivity contribution is 5.93. The number of allylic oxidation sites excluding steroid dienone is 5. The molecule has 0 aliphatic heterocycles. The van der Waals surface area contributed by atoms with Gasteiger partial charge in [-0.15, -0.1) is 0 Å². The van der Waals surface area contributed by atoms with E-state index >= 15 is 0 Å². The molecule has 1 aromatic heterocycles. The Kier molecular flexibility index (Phi) is 4.08. The van der Waals surface area contributed by atoms with Crippen LogP contribution in [-0.2, 0) is 6.42 Å². The standard InChI is InChI=1S/C22H19F2N/c1-14-10-19-16(13-21(14)24)7-8-22-18(6-3-9-25-22)20(19)12-15-4-2-5-17(23)11-15/h2-6,9,11-14H,7-8,10H2,1H3/b20-12-. The summed E-state index contributed by atoms with van der Waals surface area (Å²) in [7, 11) is 0. The van der Waals surface area contributed by atoms with Crippen LogP contribution in [0.1, 0.15) is 36.6 Å². The number of benzene rings is 1. The largest absolute Gasteiger partial charge is 0.261 e. The molecule has 25 heavy (non-hydrogen) atoms. The highest BCUT2D eigenvalue weighted by atomic mass is 19.1. The third-order valence-electron chi connectivity index (χ3n) is 4.98. The number of aromatic nitrogens is 1. The summed E-state index contributed by atoms with van der Waals surface area (Å²) in [4.78, 5) is 4.53. The van der Waals surface area contributed by atoms with E-state index < -0.39 is 0 Å². The van der Waals surface area contributed by atoms with Crippen molar-refractivity contribution in [2.24, 2.45) is 5.92 Å². The average Bonchev–Trinajstić information content (AvgIpc) is 2.74. The summed E-state index contributed by atoms with van der Waals surface area (Å²) in [5.41, 5.74) is 6.12. The minimum absolute atomic E-state index is 0.0530. The Morgan fingerprint density at radius 3 is 2.84 bits per heavy atom. The van der Waals surface area contributed by atoms with Gasteiger partial charge >= 0.3 is 0 Å². The van der Waals surface area contributed by atoms with Gasteiger partial charge in [0, 0.05) is 23.4 Å². The number of halogens is 2. The SMILES string of the molecule is CC1CC2=C(C=C1F)CCc1ncccc1/C2=C/c1cccc(F)c1. The van der Waals surface area contributed by atoms with Gasteiger partial charge in [0.2, 0.25) is 0 Å². The Labute approximate surface area is 146 Å². The van der Waals surface area contributed by atoms with Crippen LogP contribution < -0.4 is 0 Å². The number of nitrogens with zero attached hydrogens (tertiary/aromatic N) is 1. The van der Waals surface area contributed by atoms with Crippen molar-refractivity contribution in [3.8, 4) is 0 Å². The lowest BCUT2D eigenvalue weighted by atomic mass is 9.83. The van der Waals surface area contributed by atoms with Crippen molar-refractivity contribution in [2.45, 2.75) is 26.2 Å². The summed E-state index contributed by atoms with van der Waals surface area (Å²) in [6, 6.07) is 10.5. The third-order valence-corrected chi connectivity index (χ3v) is 4.98. The number of aryl methyl sites for hydroxylation is 1. The summed E-state index contributed by atoms with van der Waals surface area (Å²) in [6.45, 7) is 1.91. The summed E-state index contributed by atoms with van der Waals surface area (Å²) < 4.78 is 27.8. The highest BCUT2D eigenvalue weighted by Gasteiger charge is 2.26. The maximum absolute atomic E-state index is 14.2. The first kappa shape index (κ1) is 15.9. The first-order valence-electron chi connectivity index (χ1n) is 8.63. The van der Waals surface area contributed by atoms with Crippen molar-refractivity contribution in [2.75, 3.05) is 0 Å². The molecule has 2 aromatic rings. The lowest BCUT2D eigenvalue weighted by Gasteiger charge is -2.22. The Morgan fingerprint density at radius 1 is 1.12 bits per heavy atom. The summed E-state index contributed by atoms with van der Waals surface area (Å²) in [6.07, 6.45) is 7.71. The Hall–Kier alpha value is -2.55. The smallest absolute Gasteiger partial charge is 0.123 e. The molecule has 0 saturated carbocycles. The lowest BCUT2D eigenvalue weighted by molar-refractivity contribution is 0.482. The summed E-state index contributed by atoms with van der Waals surface area (Å²) >= 11 is 0. The second kappa shape index (κ2) is 6.40. The fourth-order valence-corrected chi connectivity index (χ4v) is 3.66. The molecule has 1 aromatic carbocycles. The Morgan fingerprint density at radius 2 is 2.00 bits per heavy atom. The van der Waals surface area contributed by atoms with Crippen molar-refractivity contribution in [3.05, 3.63) is 88.3 Å². The van der Waals surface area contributed by atoms with Crippen LogP contribution >= 0.6 is 0 Å². The maximum atomic E-state index is 14.2. The second-order valence-electron chi connectivity index (χ2n) is 6.75. The van der Waals surface area contributed by atoms with E-state index in [2.05, 4.69) is 11.1 Å². The van der Waals surface area contributed by atoms with E-state index in [9.17, 15) is 8.78 Å². The van der Waals surface area contributed by atoms with E-state index in [4.69, 9.17) is 0 Å². The molecule has 126 valence electrons. The van der Waals surface area contributed by atoms with Gasteiger partial charge in [-0.3, -0.25) is 4.98 Å². The highest BCUT2D eigenvalue weighted by Crippen LogP contribution is 2.42. The van der Waals surface area contributed by atoms with E-state index in [0.717, 1.165) is 46.4 Å². The first-order valence-corrected chi connectivity index (χ1v) is 8.63. The van der Waals surface area contributed by atoms with Crippen LogP contribution in [0, 0.1) is 11.7 Å². The molecular formula is C22H19F2N. The van der Waals surface area contributed by atoms with Gasteiger partial charge in [0.05, 0.1) is 0 Å². The van der Waals surface area contributed by atoms with Gasteiger partial charge in [0.1, 0.15) is 11.6 Å². The van der Waals surface area contributed by atoms with Crippen LogP contribution in [0.15, 0.2) is 65.6 Å². The second-order valence-corrected chi connectivity index (χ2v) is 6.75. The van der Waals surface area contributed by atoms with E-state index in [1.54, 1.807) is 18.3 Å². The number of hydrogen-bond donors (Lipinski definition) is 0. The van der Waals surface area contributed by atoms with E-state index in [-0.39, 0.29) is 17.6 Å². The van der Waals surface area contributed by atoms with Gasteiger partial charge in [-0.25, -0.2) is 8.78 Å². The molecule has 0 N–H and O–H groups in total. The zero-order valence-electron chi connectivity index (χ0n) is 14.1. The van der Waals surface area contributed by atoms with Crippen molar-refractivity contribution in [3.63, 3.8) is 0 Å². The quantitative estimate of drug-likeness (QED) is 0.632. The molecule has 0 spiro atoms. The maximum Gasteiger partial charge on any atom is 0.123 e. The molecule has 1 atom stereocenters. The van der Waals surface area contributed by atoms with E-state index in [1.165, 1.54) is 12.1 Å². The molecule has 3 heteroatoms. The predicted molar refractivity (Wildman–Crippen MR) is 96.8 cm³/mol. The van der Waals surface area contributed by atoms with Gasteiger partial charge in [-0.1, -0.05) is 25.1 Å². The van der Waals surface area contributed by atoms with Crippen LogP contribution in [0.3, 0.4) is 0 Å². The zero-order valence-corrected chi connectivity index (χ0v) is 14.1. The average molecular weight is 335 g/mol. The van der Waals surface area contributed by atoms with Crippen molar-refractivity contribution < 1.29 is 8.78 Å². The molecule has 0 amide bonds. The number of hydrogen-bond acceptors (Lipinski definition) is 1. The van der Waals surface area contributed by atoms with Gasteiger partial charge in [0.15, 0.2) is 0 Å². The monoisotopic (exact) mass is 335 g/mol. The van der Waals surface area contributed by atoms with Crippen molar-refractivity contribution >= 4 is 11.6 Å². The summed E-state index contributed by atoms with van der Waals surface area (Å²) in [5.74, 6) is -0.442. The normalized spacial score (nSPS) is 21.5. The fourth-order valence-electron chi connectivity index (χ4n) is 3.66. The van der Waals surface area contributed by atoms with Gasteiger partial charge in [-0.05, 0) is 71.9 Å². The van der Waals surface area contributed by atoms with E-state index in [0.29, 0.717) is 6.42 Å². The first-order chi connectivity index (χ1) is 12.1. The fraction of sp³-hybridized carbons (Fsp3) is 0.227. The minimum Gasteiger partial charge on any atom is -0.261 e. The molecule has 0 fully saturated rings. The molecule has 0 bridgehead atoms. The van der Waals surface area contributed by atoms with Crippen LogP contribution in [0.25, 0.3) is 11.6 Å². The van der Waals surface area contributed by atoms with Crippen LogP contribution in [0.4, 0.5) is 8.78 Å².